The number of nitrogen functional groups attached to an aromatic ring is 1. The van der Waals surface area contributed by atoms with E-state index in [0.717, 1.165) is 18.2 Å². The Kier molecular flexibility index (Phi) is 3.58. The van der Waals surface area contributed by atoms with Crippen molar-refractivity contribution in [1.82, 2.24) is 0 Å². The van der Waals surface area contributed by atoms with Crippen LogP contribution < -0.4 is 11.1 Å². The van der Waals surface area contributed by atoms with Gasteiger partial charge in [0.1, 0.15) is 6.07 Å². The number of thioether (sulfide) groups is 1. The lowest BCUT2D eigenvalue weighted by molar-refractivity contribution is 0.632. The molecule has 0 bridgehead atoms. The number of benzene rings is 1. The summed E-state index contributed by atoms with van der Waals surface area (Å²) < 4.78 is 0. The molecule has 3 nitrogen and oxygen atoms in total. The highest BCUT2D eigenvalue weighted by molar-refractivity contribution is 7.99. The number of anilines is 2. The van der Waals surface area contributed by atoms with E-state index in [-0.39, 0.29) is 0 Å². The van der Waals surface area contributed by atoms with Gasteiger partial charge in [-0.3, -0.25) is 0 Å². The van der Waals surface area contributed by atoms with E-state index in [9.17, 15) is 0 Å². The molecule has 84 valence electrons. The molecule has 0 radical (unpaired) electrons. The topological polar surface area (TPSA) is 61.8 Å². The fourth-order valence-electron chi connectivity index (χ4n) is 1.82. The van der Waals surface area contributed by atoms with Gasteiger partial charge in [0.05, 0.1) is 16.9 Å². The second-order valence-corrected chi connectivity index (χ2v) is 5.14. The zero-order chi connectivity index (χ0) is 11.4. The van der Waals surface area contributed by atoms with Crippen molar-refractivity contribution in [3.05, 3.63) is 23.8 Å². The van der Waals surface area contributed by atoms with Crippen molar-refractivity contribution >= 4 is 23.1 Å². The summed E-state index contributed by atoms with van der Waals surface area (Å²) in [5, 5.41) is 12.2. The first-order valence-electron chi connectivity index (χ1n) is 5.41. The molecule has 0 saturated carbocycles. The van der Waals surface area contributed by atoms with Crippen LogP contribution in [0.2, 0.25) is 0 Å². The Labute approximate surface area is 100 Å². The Hall–Kier alpha value is -1.34. The summed E-state index contributed by atoms with van der Waals surface area (Å²) in [5.74, 6) is 3.22. The molecule has 1 atom stereocenters. The lowest BCUT2D eigenvalue weighted by atomic mass is 10.1. The van der Waals surface area contributed by atoms with Crippen molar-refractivity contribution in [2.75, 3.05) is 29.1 Å². The third kappa shape index (κ3) is 2.42. The molecule has 0 aromatic heterocycles. The van der Waals surface area contributed by atoms with Crippen LogP contribution in [0.25, 0.3) is 0 Å². The van der Waals surface area contributed by atoms with Crippen molar-refractivity contribution in [1.29, 1.82) is 5.26 Å². The fraction of sp³-hybridized carbons (Fsp3) is 0.417. The molecule has 1 saturated heterocycles. The van der Waals surface area contributed by atoms with Gasteiger partial charge in [0.25, 0.3) is 0 Å². The Morgan fingerprint density at radius 3 is 3.12 bits per heavy atom. The van der Waals surface area contributed by atoms with Crippen LogP contribution in [0.4, 0.5) is 11.4 Å². The molecule has 1 heterocycles. The molecule has 0 aliphatic carbocycles. The Bertz CT molecular complexity index is 405. The van der Waals surface area contributed by atoms with Gasteiger partial charge in [-0.25, -0.2) is 0 Å². The monoisotopic (exact) mass is 233 g/mol. The third-order valence-electron chi connectivity index (χ3n) is 2.83. The summed E-state index contributed by atoms with van der Waals surface area (Å²) in [6, 6.07) is 7.63. The predicted octanol–water partition coefficient (Wildman–Crippen LogP) is 2.31. The van der Waals surface area contributed by atoms with Crippen LogP contribution in [0.15, 0.2) is 18.2 Å². The third-order valence-corrected chi connectivity index (χ3v) is 4.06. The highest BCUT2D eigenvalue weighted by Gasteiger charge is 2.15. The molecular formula is C12H15N3S. The number of rotatable bonds is 3. The highest BCUT2D eigenvalue weighted by atomic mass is 32.2. The molecule has 1 aromatic rings. The maximum Gasteiger partial charge on any atom is 0.101 e. The maximum atomic E-state index is 8.86. The first kappa shape index (κ1) is 11.2. The van der Waals surface area contributed by atoms with Gasteiger partial charge >= 0.3 is 0 Å². The molecule has 1 aliphatic heterocycles. The van der Waals surface area contributed by atoms with Crippen molar-refractivity contribution in [3.63, 3.8) is 0 Å². The quantitative estimate of drug-likeness (QED) is 0.786. The number of nitrogens with two attached hydrogens (primary N) is 1. The summed E-state index contributed by atoms with van der Waals surface area (Å²) in [6.45, 7) is 0.950. The molecule has 1 unspecified atom stereocenters. The summed E-state index contributed by atoms with van der Waals surface area (Å²) in [4.78, 5) is 0. The summed E-state index contributed by atoms with van der Waals surface area (Å²) in [6.07, 6.45) is 1.27. The number of nitriles is 1. The van der Waals surface area contributed by atoms with Crippen LogP contribution >= 0.6 is 11.8 Å². The van der Waals surface area contributed by atoms with Crippen LogP contribution in [0.3, 0.4) is 0 Å². The smallest absolute Gasteiger partial charge is 0.101 e. The van der Waals surface area contributed by atoms with Gasteiger partial charge in [-0.2, -0.15) is 17.0 Å². The average Bonchev–Trinajstić information content (AvgIpc) is 2.81. The Morgan fingerprint density at radius 2 is 2.44 bits per heavy atom. The summed E-state index contributed by atoms with van der Waals surface area (Å²) in [7, 11) is 0. The van der Waals surface area contributed by atoms with Crippen LogP contribution in [-0.4, -0.2) is 18.1 Å². The Morgan fingerprint density at radius 1 is 1.56 bits per heavy atom. The van der Waals surface area contributed by atoms with Gasteiger partial charge in [0.15, 0.2) is 0 Å². The molecule has 4 heteroatoms. The van der Waals surface area contributed by atoms with E-state index in [1.165, 1.54) is 17.9 Å². The van der Waals surface area contributed by atoms with E-state index >= 15 is 0 Å². The van der Waals surface area contributed by atoms with Gasteiger partial charge in [-0.05, 0) is 36.0 Å². The molecule has 2 rings (SSSR count). The molecule has 1 aromatic carbocycles. The molecular weight excluding hydrogens is 218 g/mol. The highest BCUT2D eigenvalue weighted by Crippen LogP contribution is 2.26. The van der Waals surface area contributed by atoms with Crippen molar-refractivity contribution in [2.24, 2.45) is 5.92 Å². The van der Waals surface area contributed by atoms with E-state index in [1.54, 1.807) is 6.07 Å². The minimum atomic E-state index is 0.547. The van der Waals surface area contributed by atoms with Gasteiger partial charge in [-0.1, -0.05) is 6.07 Å². The lowest BCUT2D eigenvalue weighted by Crippen LogP contribution is -2.14. The molecule has 0 amide bonds. The van der Waals surface area contributed by atoms with E-state index in [1.807, 2.05) is 23.9 Å². The zero-order valence-corrected chi connectivity index (χ0v) is 9.89. The van der Waals surface area contributed by atoms with Crippen LogP contribution in [0.1, 0.15) is 12.0 Å². The average molecular weight is 233 g/mol. The largest absolute Gasteiger partial charge is 0.396 e. The van der Waals surface area contributed by atoms with Gasteiger partial charge in [0.2, 0.25) is 0 Å². The first-order valence-corrected chi connectivity index (χ1v) is 6.57. The second kappa shape index (κ2) is 5.13. The fourth-order valence-corrected chi connectivity index (χ4v) is 3.10. The number of nitrogens with zero attached hydrogens (tertiary/aromatic N) is 1. The Balaban J connectivity index is 2.01. The number of nitrogens with one attached hydrogen (secondary N) is 1. The number of para-hydroxylation sites is 1. The van der Waals surface area contributed by atoms with Crippen molar-refractivity contribution in [3.8, 4) is 6.07 Å². The first-order chi connectivity index (χ1) is 7.81. The molecule has 0 spiro atoms. The molecule has 3 N–H and O–H groups in total. The SMILES string of the molecule is N#Cc1cccc(NCC2CCSC2)c1N. The number of hydrogen-bond acceptors (Lipinski definition) is 4. The van der Waals surface area contributed by atoms with Gasteiger partial charge in [-0.15, -0.1) is 0 Å². The minimum Gasteiger partial charge on any atom is -0.396 e. The summed E-state index contributed by atoms with van der Waals surface area (Å²) >= 11 is 2.01. The molecule has 1 fully saturated rings. The predicted molar refractivity (Wildman–Crippen MR) is 69.5 cm³/mol. The maximum absolute atomic E-state index is 8.86. The van der Waals surface area contributed by atoms with Crippen molar-refractivity contribution < 1.29 is 0 Å². The van der Waals surface area contributed by atoms with E-state index in [4.69, 9.17) is 11.0 Å². The number of hydrogen-bond donors (Lipinski definition) is 2. The lowest BCUT2D eigenvalue weighted by Gasteiger charge is -2.13. The van der Waals surface area contributed by atoms with Crippen molar-refractivity contribution in [2.45, 2.75) is 6.42 Å². The van der Waals surface area contributed by atoms with Gasteiger partial charge < -0.3 is 11.1 Å². The van der Waals surface area contributed by atoms with Crippen LogP contribution in [-0.2, 0) is 0 Å². The van der Waals surface area contributed by atoms with Crippen LogP contribution in [0.5, 0.6) is 0 Å². The van der Waals surface area contributed by atoms with E-state index in [0.29, 0.717) is 11.3 Å². The normalized spacial score (nSPS) is 19.3. The zero-order valence-electron chi connectivity index (χ0n) is 9.07. The molecule has 16 heavy (non-hydrogen) atoms. The summed E-state index contributed by atoms with van der Waals surface area (Å²) in [5.41, 5.74) is 7.89. The van der Waals surface area contributed by atoms with E-state index < -0.39 is 0 Å². The molecule has 1 aliphatic rings. The van der Waals surface area contributed by atoms with Gasteiger partial charge in [0, 0.05) is 6.54 Å². The van der Waals surface area contributed by atoms with E-state index in [2.05, 4.69) is 11.4 Å². The minimum absolute atomic E-state index is 0.547. The second-order valence-electron chi connectivity index (χ2n) is 3.99. The standard InChI is InChI=1S/C12H15N3S/c13-6-10-2-1-3-11(12(10)14)15-7-9-4-5-16-8-9/h1-3,9,15H,4-5,7-8,14H2. The van der Waals surface area contributed by atoms with Crippen LogP contribution in [0, 0.1) is 17.2 Å².